The van der Waals surface area contributed by atoms with Crippen molar-refractivity contribution < 1.29 is 4.79 Å². The van der Waals surface area contributed by atoms with E-state index in [2.05, 4.69) is 10.3 Å². The molecule has 1 aliphatic rings. The molecular weight excluding hydrogens is 318 g/mol. The van der Waals surface area contributed by atoms with Crippen LogP contribution in [0.1, 0.15) is 25.7 Å². The van der Waals surface area contributed by atoms with Crippen LogP contribution in [0.2, 0.25) is 0 Å². The van der Waals surface area contributed by atoms with Crippen molar-refractivity contribution in [2.45, 2.75) is 31.7 Å². The number of nitrogens with one attached hydrogen (secondary N) is 1. The van der Waals surface area contributed by atoms with E-state index in [4.69, 9.17) is 5.73 Å². The fraction of sp³-hybridized carbons (Fsp3) is 0.375. The Balaban J connectivity index is 0.00000176. The number of anilines is 1. The molecule has 3 N–H and O–H groups in total. The van der Waals surface area contributed by atoms with Gasteiger partial charge in [0.2, 0.25) is 5.91 Å². The lowest BCUT2D eigenvalue weighted by molar-refractivity contribution is -0.120. The molecule has 0 saturated heterocycles. The van der Waals surface area contributed by atoms with Gasteiger partial charge < -0.3 is 11.1 Å². The molecule has 4 nitrogen and oxygen atoms in total. The Bertz CT molecular complexity index is 600. The van der Waals surface area contributed by atoms with Gasteiger partial charge in [0.25, 0.3) is 0 Å². The highest BCUT2D eigenvalue weighted by Crippen LogP contribution is 2.26. The van der Waals surface area contributed by atoms with Gasteiger partial charge in [0, 0.05) is 34.8 Å². The number of halogens is 1. The third-order valence-corrected chi connectivity index (χ3v) is 4.74. The zero-order valence-electron chi connectivity index (χ0n) is 12.2. The van der Waals surface area contributed by atoms with Gasteiger partial charge in [0.1, 0.15) is 5.01 Å². The first kappa shape index (κ1) is 16.9. The lowest BCUT2D eigenvalue weighted by Gasteiger charge is -2.25. The molecule has 1 amide bonds. The Morgan fingerprint density at radius 2 is 2.05 bits per heavy atom. The molecule has 2 aromatic rings. The molecule has 1 heterocycles. The van der Waals surface area contributed by atoms with Gasteiger partial charge in [-0.05, 0) is 43.5 Å². The first-order chi connectivity index (χ1) is 10.2. The van der Waals surface area contributed by atoms with Crippen molar-refractivity contribution in [3.63, 3.8) is 0 Å². The Morgan fingerprint density at radius 3 is 2.68 bits per heavy atom. The molecule has 1 aromatic heterocycles. The van der Waals surface area contributed by atoms with Crippen LogP contribution < -0.4 is 11.1 Å². The first-order valence-electron chi connectivity index (χ1n) is 7.29. The van der Waals surface area contributed by atoms with Gasteiger partial charge in [0.15, 0.2) is 0 Å². The summed E-state index contributed by atoms with van der Waals surface area (Å²) in [5, 5.41) is 5.94. The number of nitrogens with two attached hydrogens (primary N) is 1. The number of carbonyl (C=O) groups excluding carboxylic acids is 1. The molecule has 2 atom stereocenters. The third-order valence-electron chi connectivity index (χ3n) is 3.92. The Morgan fingerprint density at radius 1 is 1.27 bits per heavy atom. The molecule has 1 fully saturated rings. The van der Waals surface area contributed by atoms with Gasteiger partial charge in [-0.25, -0.2) is 4.98 Å². The van der Waals surface area contributed by atoms with Gasteiger partial charge in [-0.2, -0.15) is 0 Å². The minimum absolute atomic E-state index is 0. The standard InChI is InChI=1S/C16H19N3OS.ClH/c17-13-3-1-2-12(10-13)15(20)19-14-6-4-11(5-7-14)16-18-8-9-21-16;/h4-9,12-13H,1-3,10,17H2,(H,19,20);1H. The lowest BCUT2D eigenvalue weighted by Crippen LogP contribution is -2.34. The number of aromatic nitrogens is 1. The second kappa shape index (κ2) is 7.72. The zero-order chi connectivity index (χ0) is 14.7. The van der Waals surface area contributed by atoms with Crippen molar-refractivity contribution in [2.24, 2.45) is 11.7 Å². The van der Waals surface area contributed by atoms with E-state index >= 15 is 0 Å². The molecule has 118 valence electrons. The van der Waals surface area contributed by atoms with Gasteiger partial charge in [-0.3, -0.25) is 4.79 Å². The molecule has 22 heavy (non-hydrogen) atoms. The fourth-order valence-electron chi connectivity index (χ4n) is 2.77. The zero-order valence-corrected chi connectivity index (χ0v) is 13.8. The van der Waals surface area contributed by atoms with Gasteiger partial charge >= 0.3 is 0 Å². The molecule has 1 aliphatic carbocycles. The Labute approximate surface area is 140 Å². The van der Waals surface area contributed by atoms with E-state index in [0.29, 0.717) is 0 Å². The van der Waals surface area contributed by atoms with Crippen LogP contribution in [0.3, 0.4) is 0 Å². The number of hydrogen-bond acceptors (Lipinski definition) is 4. The summed E-state index contributed by atoms with van der Waals surface area (Å²) in [6, 6.07) is 8.00. The summed E-state index contributed by atoms with van der Waals surface area (Å²) in [6.45, 7) is 0. The summed E-state index contributed by atoms with van der Waals surface area (Å²) in [6.07, 6.45) is 5.61. The number of carbonyl (C=O) groups is 1. The van der Waals surface area contributed by atoms with Gasteiger partial charge in [-0.1, -0.05) is 6.42 Å². The van der Waals surface area contributed by atoms with Crippen LogP contribution in [0.15, 0.2) is 35.8 Å². The quantitative estimate of drug-likeness (QED) is 0.897. The monoisotopic (exact) mass is 337 g/mol. The van der Waals surface area contributed by atoms with E-state index in [1.165, 1.54) is 0 Å². The van der Waals surface area contributed by atoms with E-state index in [-0.39, 0.29) is 30.3 Å². The van der Waals surface area contributed by atoms with Crippen molar-refractivity contribution in [3.8, 4) is 10.6 Å². The van der Waals surface area contributed by atoms with Crippen LogP contribution in [0.25, 0.3) is 10.6 Å². The minimum atomic E-state index is 0. The normalized spacial score (nSPS) is 21.0. The maximum atomic E-state index is 12.2. The third kappa shape index (κ3) is 4.06. The molecule has 0 aliphatic heterocycles. The molecule has 3 rings (SSSR count). The maximum Gasteiger partial charge on any atom is 0.227 e. The molecule has 6 heteroatoms. The van der Waals surface area contributed by atoms with Crippen molar-refractivity contribution in [1.82, 2.24) is 4.98 Å². The van der Waals surface area contributed by atoms with E-state index < -0.39 is 0 Å². The predicted molar refractivity (Wildman–Crippen MR) is 93.4 cm³/mol. The van der Waals surface area contributed by atoms with E-state index in [1.807, 2.05) is 29.6 Å². The summed E-state index contributed by atoms with van der Waals surface area (Å²) < 4.78 is 0. The summed E-state index contributed by atoms with van der Waals surface area (Å²) in [5.74, 6) is 0.138. The predicted octanol–water partition coefficient (Wildman–Crippen LogP) is 3.69. The molecule has 1 saturated carbocycles. The molecular formula is C16H20ClN3OS. The molecule has 0 spiro atoms. The van der Waals surface area contributed by atoms with Crippen LogP contribution in [-0.4, -0.2) is 16.9 Å². The van der Waals surface area contributed by atoms with Crippen LogP contribution in [-0.2, 0) is 4.79 Å². The Kier molecular flexibility index (Phi) is 5.94. The molecule has 1 aromatic carbocycles. The van der Waals surface area contributed by atoms with Crippen LogP contribution in [0.5, 0.6) is 0 Å². The second-order valence-electron chi connectivity index (χ2n) is 5.53. The highest BCUT2D eigenvalue weighted by Gasteiger charge is 2.25. The number of hydrogen-bond donors (Lipinski definition) is 2. The highest BCUT2D eigenvalue weighted by molar-refractivity contribution is 7.13. The number of thiazole rings is 1. The van der Waals surface area contributed by atoms with E-state index in [0.717, 1.165) is 41.9 Å². The molecule has 2 unspecified atom stereocenters. The van der Waals surface area contributed by atoms with Crippen molar-refractivity contribution in [3.05, 3.63) is 35.8 Å². The second-order valence-corrected chi connectivity index (χ2v) is 6.42. The summed E-state index contributed by atoms with van der Waals surface area (Å²) in [4.78, 5) is 16.5. The van der Waals surface area contributed by atoms with Crippen LogP contribution in [0.4, 0.5) is 5.69 Å². The number of nitrogens with zero attached hydrogens (tertiary/aromatic N) is 1. The summed E-state index contributed by atoms with van der Waals surface area (Å²) >= 11 is 1.61. The topological polar surface area (TPSA) is 68.0 Å². The first-order valence-corrected chi connectivity index (χ1v) is 8.17. The SMILES string of the molecule is Cl.NC1CCCC(C(=O)Nc2ccc(-c3nccs3)cc2)C1. The van der Waals surface area contributed by atoms with Crippen LogP contribution in [0, 0.1) is 5.92 Å². The smallest absolute Gasteiger partial charge is 0.227 e. The number of benzene rings is 1. The van der Waals surface area contributed by atoms with Crippen molar-refractivity contribution in [1.29, 1.82) is 0 Å². The highest BCUT2D eigenvalue weighted by atomic mass is 35.5. The maximum absolute atomic E-state index is 12.2. The van der Waals surface area contributed by atoms with Crippen molar-refractivity contribution >= 4 is 35.3 Å². The van der Waals surface area contributed by atoms with E-state index in [9.17, 15) is 4.79 Å². The average molecular weight is 338 g/mol. The molecule has 0 radical (unpaired) electrons. The number of amides is 1. The lowest BCUT2D eigenvalue weighted by atomic mass is 9.85. The summed E-state index contributed by atoms with van der Waals surface area (Å²) in [5.41, 5.74) is 7.85. The Hall–Kier alpha value is -1.43. The molecule has 0 bridgehead atoms. The van der Waals surface area contributed by atoms with Crippen molar-refractivity contribution in [2.75, 3.05) is 5.32 Å². The minimum Gasteiger partial charge on any atom is -0.328 e. The number of rotatable bonds is 3. The largest absolute Gasteiger partial charge is 0.328 e. The summed E-state index contributed by atoms with van der Waals surface area (Å²) in [7, 11) is 0. The average Bonchev–Trinajstić information content (AvgIpc) is 3.02. The van der Waals surface area contributed by atoms with Gasteiger partial charge in [0.05, 0.1) is 0 Å². The van der Waals surface area contributed by atoms with E-state index in [1.54, 1.807) is 17.5 Å². The van der Waals surface area contributed by atoms with Gasteiger partial charge in [-0.15, -0.1) is 23.7 Å². The fourth-order valence-corrected chi connectivity index (χ4v) is 3.42. The van der Waals surface area contributed by atoms with Crippen LogP contribution >= 0.6 is 23.7 Å².